The summed E-state index contributed by atoms with van der Waals surface area (Å²) < 4.78 is 10.9. The van der Waals surface area contributed by atoms with Gasteiger partial charge in [-0.1, -0.05) is 12.1 Å². The predicted octanol–water partition coefficient (Wildman–Crippen LogP) is 1.61. The van der Waals surface area contributed by atoms with E-state index < -0.39 is 11.9 Å². The second kappa shape index (κ2) is 6.26. The summed E-state index contributed by atoms with van der Waals surface area (Å²) in [4.78, 5) is 11.2. The Bertz CT molecular complexity index is 417. The third kappa shape index (κ3) is 3.13. The summed E-state index contributed by atoms with van der Waals surface area (Å²) in [5.74, 6) is -0.804. The average Bonchev–Trinajstić information content (AvgIpc) is 2.30. The molecule has 0 bridgehead atoms. The van der Waals surface area contributed by atoms with Crippen molar-refractivity contribution < 1.29 is 19.4 Å². The van der Waals surface area contributed by atoms with Crippen molar-refractivity contribution in [3.05, 3.63) is 23.8 Å². The molecule has 0 aliphatic heterocycles. The first kappa shape index (κ1) is 14.3. The number of nitrogens with two attached hydrogens (primary N) is 1. The number of ether oxygens (including phenoxy) is 2. The van der Waals surface area contributed by atoms with Crippen molar-refractivity contribution in [2.75, 3.05) is 13.7 Å². The van der Waals surface area contributed by atoms with Crippen LogP contribution in [0.25, 0.3) is 0 Å². The Kier molecular flexibility index (Phi) is 4.97. The highest BCUT2D eigenvalue weighted by Gasteiger charge is 2.24. The van der Waals surface area contributed by atoms with Gasteiger partial charge in [-0.15, -0.1) is 0 Å². The molecule has 1 unspecified atom stereocenters. The maximum Gasteiger partial charge on any atom is 0.312 e. The topological polar surface area (TPSA) is 81.8 Å². The molecule has 0 heterocycles. The second-order valence-electron chi connectivity index (χ2n) is 4.17. The molecule has 100 valence electrons. The molecule has 0 aliphatic carbocycles. The van der Waals surface area contributed by atoms with Crippen LogP contribution >= 0.6 is 0 Å². The highest BCUT2D eigenvalue weighted by Crippen LogP contribution is 2.36. The van der Waals surface area contributed by atoms with Gasteiger partial charge >= 0.3 is 5.97 Å². The lowest BCUT2D eigenvalue weighted by atomic mass is 9.98. The fourth-order valence-electron chi connectivity index (χ4n) is 1.69. The highest BCUT2D eigenvalue weighted by atomic mass is 16.5. The molecule has 18 heavy (non-hydrogen) atoms. The Balaban J connectivity index is 3.28. The summed E-state index contributed by atoms with van der Waals surface area (Å²) in [7, 11) is 1.52. The van der Waals surface area contributed by atoms with Gasteiger partial charge in [0.15, 0.2) is 11.5 Å². The van der Waals surface area contributed by atoms with E-state index in [1.165, 1.54) is 7.11 Å². The second-order valence-corrected chi connectivity index (χ2v) is 4.17. The van der Waals surface area contributed by atoms with Crippen LogP contribution in [0.4, 0.5) is 0 Å². The standard InChI is InChI=1S/C13H19NO4/c1-8(2)18-12-9(10(7-14)13(15)16)5-4-6-11(12)17-3/h4-6,8,10H,7,14H2,1-3H3,(H,15,16). The predicted molar refractivity (Wildman–Crippen MR) is 68.2 cm³/mol. The van der Waals surface area contributed by atoms with E-state index in [2.05, 4.69) is 0 Å². The van der Waals surface area contributed by atoms with E-state index in [1.54, 1.807) is 18.2 Å². The molecule has 0 aromatic heterocycles. The molecule has 0 saturated carbocycles. The van der Waals surface area contributed by atoms with E-state index >= 15 is 0 Å². The smallest absolute Gasteiger partial charge is 0.312 e. The van der Waals surface area contributed by atoms with Crippen LogP contribution in [-0.4, -0.2) is 30.8 Å². The molecule has 0 saturated heterocycles. The number of para-hydroxylation sites is 1. The fourth-order valence-corrected chi connectivity index (χ4v) is 1.69. The van der Waals surface area contributed by atoms with Crippen molar-refractivity contribution in [3.63, 3.8) is 0 Å². The SMILES string of the molecule is COc1cccc(C(CN)C(=O)O)c1OC(C)C. The molecule has 1 rings (SSSR count). The highest BCUT2D eigenvalue weighted by molar-refractivity contribution is 5.78. The first-order valence-corrected chi connectivity index (χ1v) is 5.77. The van der Waals surface area contributed by atoms with Crippen molar-refractivity contribution in [1.82, 2.24) is 0 Å². The van der Waals surface area contributed by atoms with Gasteiger partial charge in [-0.2, -0.15) is 0 Å². The first-order chi connectivity index (χ1) is 8.51. The molecule has 0 amide bonds. The van der Waals surface area contributed by atoms with Crippen LogP contribution in [0.5, 0.6) is 11.5 Å². The maximum absolute atomic E-state index is 11.2. The zero-order valence-corrected chi connectivity index (χ0v) is 10.8. The Morgan fingerprint density at radius 3 is 2.56 bits per heavy atom. The Labute approximate surface area is 107 Å². The van der Waals surface area contributed by atoms with Crippen molar-refractivity contribution in [1.29, 1.82) is 0 Å². The molecule has 0 radical (unpaired) electrons. The minimum absolute atomic E-state index is 0.0109. The Morgan fingerprint density at radius 1 is 1.44 bits per heavy atom. The lowest BCUT2D eigenvalue weighted by Crippen LogP contribution is -2.22. The number of hydrogen-bond acceptors (Lipinski definition) is 4. The van der Waals surface area contributed by atoms with E-state index in [4.69, 9.17) is 15.2 Å². The van der Waals surface area contributed by atoms with Gasteiger partial charge in [0.2, 0.25) is 0 Å². The lowest BCUT2D eigenvalue weighted by Gasteiger charge is -2.20. The molecule has 1 aromatic rings. The van der Waals surface area contributed by atoms with Gasteiger partial charge < -0.3 is 20.3 Å². The van der Waals surface area contributed by atoms with Crippen LogP contribution in [0.1, 0.15) is 25.3 Å². The number of rotatable bonds is 6. The average molecular weight is 253 g/mol. The van der Waals surface area contributed by atoms with Crippen LogP contribution in [0.2, 0.25) is 0 Å². The zero-order valence-electron chi connectivity index (χ0n) is 10.8. The van der Waals surface area contributed by atoms with Gasteiger partial charge in [0.05, 0.1) is 19.1 Å². The third-order valence-electron chi connectivity index (χ3n) is 2.49. The van der Waals surface area contributed by atoms with Crippen LogP contribution in [0, 0.1) is 0 Å². The minimum atomic E-state index is -0.973. The monoisotopic (exact) mass is 253 g/mol. The normalized spacial score (nSPS) is 12.3. The van der Waals surface area contributed by atoms with Gasteiger partial charge in [-0.25, -0.2) is 0 Å². The van der Waals surface area contributed by atoms with Crippen molar-refractivity contribution in [2.24, 2.45) is 5.73 Å². The summed E-state index contributed by atoms with van der Waals surface area (Å²) in [5, 5.41) is 9.17. The van der Waals surface area contributed by atoms with Gasteiger partial charge in [0.1, 0.15) is 0 Å². The molecule has 1 atom stereocenters. The van der Waals surface area contributed by atoms with Gasteiger partial charge in [-0.05, 0) is 19.9 Å². The molecule has 0 spiro atoms. The van der Waals surface area contributed by atoms with Crippen molar-refractivity contribution in [2.45, 2.75) is 25.9 Å². The van der Waals surface area contributed by atoms with E-state index in [1.807, 2.05) is 13.8 Å². The van der Waals surface area contributed by atoms with Crippen LogP contribution in [0.3, 0.4) is 0 Å². The number of carboxylic acids is 1. The van der Waals surface area contributed by atoms with Gasteiger partial charge in [0, 0.05) is 12.1 Å². The molecule has 0 fully saturated rings. The van der Waals surface area contributed by atoms with Crippen molar-refractivity contribution in [3.8, 4) is 11.5 Å². The van der Waals surface area contributed by atoms with E-state index in [-0.39, 0.29) is 12.6 Å². The van der Waals surface area contributed by atoms with Crippen LogP contribution in [0.15, 0.2) is 18.2 Å². The largest absolute Gasteiger partial charge is 0.493 e. The summed E-state index contributed by atoms with van der Waals surface area (Å²) in [6.45, 7) is 3.75. The van der Waals surface area contributed by atoms with Gasteiger partial charge in [-0.3, -0.25) is 4.79 Å². The number of aliphatic carboxylic acids is 1. The number of carbonyl (C=O) groups is 1. The molecule has 3 N–H and O–H groups in total. The summed E-state index contributed by atoms with van der Waals surface area (Å²) >= 11 is 0. The summed E-state index contributed by atoms with van der Waals surface area (Å²) in [6, 6.07) is 5.16. The summed E-state index contributed by atoms with van der Waals surface area (Å²) in [6.07, 6.45) is -0.0766. The zero-order chi connectivity index (χ0) is 13.7. The van der Waals surface area contributed by atoms with Crippen LogP contribution < -0.4 is 15.2 Å². The van der Waals surface area contributed by atoms with E-state index in [0.717, 1.165) is 0 Å². The molecule has 1 aromatic carbocycles. The van der Waals surface area contributed by atoms with Gasteiger partial charge in [0.25, 0.3) is 0 Å². The minimum Gasteiger partial charge on any atom is -0.493 e. The number of methoxy groups -OCH3 is 1. The third-order valence-corrected chi connectivity index (χ3v) is 2.49. The first-order valence-electron chi connectivity index (χ1n) is 5.77. The maximum atomic E-state index is 11.2. The fraction of sp³-hybridized carbons (Fsp3) is 0.462. The molecular weight excluding hydrogens is 234 g/mol. The summed E-state index contributed by atoms with van der Waals surface area (Å²) in [5.41, 5.74) is 6.06. The van der Waals surface area contributed by atoms with Crippen molar-refractivity contribution >= 4 is 5.97 Å². The lowest BCUT2D eigenvalue weighted by molar-refractivity contribution is -0.138. The number of benzene rings is 1. The quantitative estimate of drug-likeness (QED) is 0.805. The van der Waals surface area contributed by atoms with Crippen LogP contribution in [-0.2, 0) is 4.79 Å². The van der Waals surface area contributed by atoms with E-state index in [9.17, 15) is 9.90 Å². The number of hydrogen-bond donors (Lipinski definition) is 2. The molecular formula is C13H19NO4. The molecule has 5 nitrogen and oxygen atoms in total. The molecule has 5 heteroatoms. The molecule has 0 aliphatic rings. The Morgan fingerprint density at radius 2 is 2.11 bits per heavy atom. The van der Waals surface area contributed by atoms with E-state index in [0.29, 0.717) is 17.1 Å². The Hall–Kier alpha value is -1.75. The number of carboxylic acid groups (broad SMARTS) is 1.